The normalized spacial score (nSPS) is 18.1. The molecular formula is C3H4F3NO2S. The van der Waals surface area contributed by atoms with Gasteiger partial charge in [-0.05, 0) is 0 Å². The van der Waals surface area contributed by atoms with Gasteiger partial charge in [-0.25, -0.2) is 9.18 Å². The van der Waals surface area contributed by atoms with Crippen LogP contribution in [0.4, 0.5) is 13.2 Å². The van der Waals surface area contributed by atoms with Gasteiger partial charge in [0, 0.05) is 0 Å². The van der Waals surface area contributed by atoms with E-state index in [-0.39, 0.29) is 0 Å². The van der Waals surface area contributed by atoms with Gasteiger partial charge in [0.05, 0.1) is 0 Å². The Labute approximate surface area is 59.4 Å². The molecule has 0 aliphatic carbocycles. The number of hydrogen-bond donors (Lipinski definition) is 3. The largest absolute Gasteiger partial charge is 0.478 e. The van der Waals surface area contributed by atoms with Crippen LogP contribution in [0, 0.1) is 0 Å². The topological polar surface area (TPSA) is 63.3 Å². The Balaban J connectivity index is 4.57. The molecular weight excluding hydrogens is 171 g/mol. The predicted molar refractivity (Wildman–Crippen MR) is 29.6 cm³/mol. The zero-order valence-corrected chi connectivity index (χ0v) is 5.41. The molecule has 0 fully saturated rings. The molecule has 0 spiro atoms. The van der Waals surface area contributed by atoms with Crippen LogP contribution in [0.5, 0.6) is 0 Å². The second-order valence-corrected chi connectivity index (χ2v) is 2.12. The summed E-state index contributed by atoms with van der Waals surface area (Å²) in [5, 5.41) is 3.37. The lowest BCUT2D eigenvalue weighted by Crippen LogP contribution is -2.55. The summed E-state index contributed by atoms with van der Waals surface area (Å²) in [4.78, 5) is 9.64. The molecule has 0 unspecified atom stereocenters. The molecule has 0 bridgehead atoms. The van der Waals surface area contributed by atoms with Crippen molar-refractivity contribution < 1.29 is 23.1 Å². The van der Waals surface area contributed by atoms with Crippen molar-refractivity contribution in [3.8, 4) is 0 Å². The Morgan fingerprint density at radius 2 is 1.80 bits per heavy atom. The number of thiol groups is 1. The van der Waals surface area contributed by atoms with Gasteiger partial charge in [0.25, 0.3) is 0 Å². The minimum absolute atomic E-state index is 2.36. The molecule has 1 atom stereocenters. The average molecular weight is 175 g/mol. The average Bonchev–Trinajstić information content (AvgIpc) is 1.62. The summed E-state index contributed by atoms with van der Waals surface area (Å²) in [6, 6.07) is 0. The third-order valence-electron chi connectivity index (χ3n) is 0.749. The molecule has 0 aromatic rings. The van der Waals surface area contributed by atoms with E-state index in [4.69, 9.17) is 5.11 Å². The quantitative estimate of drug-likeness (QED) is 0.415. The lowest BCUT2D eigenvalue weighted by atomic mass is 10.3. The fraction of sp³-hybridized carbons (Fsp3) is 0.667. The van der Waals surface area contributed by atoms with E-state index in [2.05, 4.69) is 18.4 Å². The van der Waals surface area contributed by atoms with Crippen LogP contribution in [-0.4, -0.2) is 22.1 Å². The first-order valence-corrected chi connectivity index (χ1v) is 2.45. The second kappa shape index (κ2) is 2.31. The molecule has 0 aliphatic rings. The van der Waals surface area contributed by atoms with Gasteiger partial charge in [0.1, 0.15) is 0 Å². The Morgan fingerprint density at radius 3 is 1.80 bits per heavy atom. The molecule has 0 rings (SSSR count). The lowest BCUT2D eigenvalue weighted by molar-refractivity contribution is -0.165. The summed E-state index contributed by atoms with van der Waals surface area (Å²) in [5.41, 5.74) is 4.04. The van der Waals surface area contributed by atoms with Crippen LogP contribution in [-0.2, 0) is 4.79 Å². The van der Waals surface area contributed by atoms with Crippen molar-refractivity contribution in [2.75, 3.05) is 0 Å². The minimum atomic E-state index is -4.38. The Morgan fingerprint density at radius 1 is 1.50 bits per heavy atom. The number of carbonyl (C=O) groups is 1. The van der Waals surface area contributed by atoms with E-state index >= 15 is 0 Å². The minimum Gasteiger partial charge on any atom is -0.478 e. The maximum absolute atomic E-state index is 12.1. The molecule has 60 valence electrons. The van der Waals surface area contributed by atoms with Crippen LogP contribution < -0.4 is 5.73 Å². The summed E-state index contributed by atoms with van der Waals surface area (Å²) in [7, 11) is 0. The Hall–Kier alpha value is -0.430. The fourth-order valence-electron chi connectivity index (χ4n) is 0.129. The molecule has 3 N–H and O–H groups in total. The van der Waals surface area contributed by atoms with Crippen LogP contribution in [0.3, 0.4) is 0 Å². The molecule has 0 aromatic heterocycles. The SMILES string of the molecule is N[C@](F)(C(=O)O)C(F)(F)S. The third kappa shape index (κ3) is 1.54. The van der Waals surface area contributed by atoms with E-state index < -0.39 is 17.0 Å². The smallest absolute Gasteiger partial charge is 0.364 e. The highest BCUT2D eigenvalue weighted by Crippen LogP contribution is 2.31. The molecule has 0 radical (unpaired) electrons. The number of carboxylic acid groups (broad SMARTS) is 1. The fourth-order valence-corrected chi connectivity index (χ4v) is 0.224. The second-order valence-electron chi connectivity index (χ2n) is 1.56. The molecule has 7 heteroatoms. The van der Waals surface area contributed by atoms with E-state index in [1.165, 1.54) is 0 Å². The number of aliphatic carboxylic acids is 1. The standard InChI is InChI=1S/C3H4F3NO2S/c4-2(7,1(8)9)3(5,6)10/h10H,7H2,(H,8,9)/t2-/m1/s1. The summed E-state index contributed by atoms with van der Waals surface area (Å²) < 4.78 is 35.5. The van der Waals surface area contributed by atoms with Crippen molar-refractivity contribution in [1.29, 1.82) is 0 Å². The number of nitrogens with two attached hydrogens (primary N) is 1. The molecule has 0 aromatic carbocycles. The first-order chi connectivity index (χ1) is 4.19. The van der Waals surface area contributed by atoms with Gasteiger partial charge >= 0.3 is 17.0 Å². The zero-order chi connectivity index (χ0) is 8.58. The van der Waals surface area contributed by atoms with Gasteiger partial charge in [-0.3, -0.25) is 5.73 Å². The van der Waals surface area contributed by atoms with Crippen molar-refractivity contribution in [3.05, 3.63) is 0 Å². The van der Waals surface area contributed by atoms with Crippen molar-refractivity contribution in [1.82, 2.24) is 0 Å². The molecule has 0 amide bonds. The first-order valence-electron chi connectivity index (χ1n) is 2.01. The van der Waals surface area contributed by atoms with Crippen LogP contribution in [0.15, 0.2) is 0 Å². The van der Waals surface area contributed by atoms with E-state index in [0.717, 1.165) is 0 Å². The highest BCUT2D eigenvalue weighted by Gasteiger charge is 2.56. The maximum Gasteiger partial charge on any atom is 0.364 e. The van der Waals surface area contributed by atoms with E-state index in [0.29, 0.717) is 0 Å². The summed E-state index contributed by atoms with van der Waals surface area (Å²) in [6.07, 6.45) is 0. The number of halogens is 3. The van der Waals surface area contributed by atoms with E-state index in [1.807, 2.05) is 0 Å². The summed E-state index contributed by atoms with van der Waals surface area (Å²) in [5.74, 6) is -6.57. The van der Waals surface area contributed by atoms with Gasteiger partial charge in [-0.15, -0.1) is 12.6 Å². The molecule has 10 heavy (non-hydrogen) atoms. The van der Waals surface area contributed by atoms with E-state index in [9.17, 15) is 18.0 Å². The Bertz CT molecular complexity index is 154. The Kier molecular flexibility index (Phi) is 2.21. The van der Waals surface area contributed by atoms with Crippen LogP contribution in [0.25, 0.3) is 0 Å². The van der Waals surface area contributed by atoms with Crippen LogP contribution >= 0.6 is 12.6 Å². The van der Waals surface area contributed by atoms with E-state index in [1.54, 1.807) is 0 Å². The summed E-state index contributed by atoms with van der Waals surface area (Å²) in [6.45, 7) is 0. The molecule has 0 saturated carbocycles. The highest BCUT2D eigenvalue weighted by molar-refractivity contribution is 7.81. The van der Waals surface area contributed by atoms with Gasteiger partial charge in [0.15, 0.2) is 0 Å². The first kappa shape index (κ1) is 9.57. The highest BCUT2D eigenvalue weighted by atomic mass is 32.1. The monoisotopic (exact) mass is 175 g/mol. The molecule has 0 aliphatic heterocycles. The van der Waals surface area contributed by atoms with Crippen molar-refractivity contribution in [3.63, 3.8) is 0 Å². The van der Waals surface area contributed by atoms with Crippen LogP contribution in [0.1, 0.15) is 0 Å². The molecule has 0 saturated heterocycles. The number of carboxylic acids is 1. The van der Waals surface area contributed by atoms with Crippen LogP contribution in [0.2, 0.25) is 0 Å². The van der Waals surface area contributed by atoms with Crippen molar-refractivity contribution in [2.45, 2.75) is 11.0 Å². The van der Waals surface area contributed by atoms with Gasteiger partial charge in [0.2, 0.25) is 0 Å². The summed E-state index contributed by atoms with van der Waals surface area (Å²) >= 11 is 2.36. The van der Waals surface area contributed by atoms with Crippen molar-refractivity contribution in [2.24, 2.45) is 5.73 Å². The van der Waals surface area contributed by atoms with Gasteiger partial charge in [-0.2, -0.15) is 8.78 Å². The third-order valence-corrected chi connectivity index (χ3v) is 1.07. The van der Waals surface area contributed by atoms with Gasteiger partial charge < -0.3 is 5.11 Å². The maximum atomic E-state index is 12.1. The molecule has 0 heterocycles. The molecule has 3 nitrogen and oxygen atoms in total. The lowest BCUT2D eigenvalue weighted by Gasteiger charge is -2.20. The number of alkyl halides is 3. The van der Waals surface area contributed by atoms with Crippen molar-refractivity contribution >= 4 is 18.6 Å². The van der Waals surface area contributed by atoms with Gasteiger partial charge in [-0.1, -0.05) is 0 Å². The zero-order valence-electron chi connectivity index (χ0n) is 4.51. The number of rotatable bonds is 2. The predicted octanol–water partition coefficient (Wildman–Crippen LogP) is 0.218. The number of hydrogen-bond acceptors (Lipinski definition) is 3.